The van der Waals surface area contributed by atoms with Crippen LogP contribution in [0.1, 0.15) is 28.2 Å². The SMILES string of the molecule is Cc1noc(C)c1S(=O)(=O)NCCC(=O)NNC(=O)c1ccc(Cl)cc1. The molecule has 0 unspecified atom stereocenters. The Morgan fingerprint density at radius 3 is 2.38 bits per heavy atom. The third-order valence-electron chi connectivity index (χ3n) is 3.30. The minimum absolute atomic E-state index is 0.0473. The predicted octanol–water partition coefficient (Wildman–Crippen LogP) is 1.07. The van der Waals surface area contributed by atoms with Gasteiger partial charge in [-0.2, -0.15) is 0 Å². The molecule has 0 radical (unpaired) electrons. The first-order valence-corrected chi connectivity index (χ1v) is 9.34. The Kier molecular flexibility index (Phi) is 6.35. The molecule has 0 aliphatic heterocycles. The van der Waals surface area contributed by atoms with Crippen LogP contribution in [0.4, 0.5) is 0 Å². The Balaban J connectivity index is 1.80. The average Bonchev–Trinajstić information content (AvgIpc) is 2.92. The Morgan fingerprint density at radius 2 is 1.81 bits per heavy atom. The molecule has 0 aliphatic carbocycles. The van der Waals surface area contributed by atoms with Crippen LogP contribution in [0.25, 0.3) is 0 Å². The summed E-state index contributed by atoms with van der Waals surface area (Å²) in [6, 6.07) is 6.09. The van der Waals surface area contributed by atoms with E-state index in [1.807, 2.05) is 0 Å². The number of hydrogen-bond acceptors (Lipinski definition) is 6. The summed E-state index contributed by atoms with van der Waals surface area (Å²) < 4.78 is 31.4. The van der Waals surface area contributed by atoms with Crippen LogP contribution in [0.3, 0.4) is 0 Å². The largest absolute Gasteiger partial charge is 0.360 e. The molecular weight excluding hydrogens is 384 g/mol. The monoisotopic (exact) mass is 400 g/mol. The van der Waals surface area contributed by atoms with E-state index in [4.69, 9.17) is 16.1 Å². The van der Waals surface area contributed by atoms with Crippen LogP contribution in [-0.2, 0) is 14.8 Å². The van der Waals surface area contributed by atoms with Gasteiger partial charge in [-0.25, -0.2) is 13.1 Å². The molecule has 2 aromatic rings. The molecule has 0 spiro atoms. The van der Waals surface area contributed by atoms with Crippen molar-refractivity contribution in [1.29, 1.82) is 0 Å². The van der Waals surface area contributed by atoms with E-state index in [-0.39, 0.29) is 29.3 Å². The fourth-order valence-electron chi connectivity index (χ4n) is 2.09. The number of aromatic nitrogens is 1. The van der Waals surface area contributed by atoms with Gasteiger partial charge in [0.2, 0.25) is 15.9 Å². The van der Waals surface area contributed by atoms with Crippen molar-refractivity contribution in [3.05, 3.63) is 46.3 Å². The number of nitrogens with one attached hydrogen (secondary N) is 3. The summed E-state index contributed by atoms with van der Waals surface area (Å²) in [5.41, 5.74) is 4.97. The maximum atomic E-state index is 12.2. The first-order valence-electron chi connectivity index (χ1n) is 7.48. The van der Waals surface area contributed by atoms with Crippen molar-refractivity contribution in [2.45, 2.75) is 25.2 Å². The lowest BCUT2D eigenvalue weighted by Crippen LogP contribution is -2.42. The van der Waals surface area contributed by atoms with Crippen LogP contribution in [-0.4, -0.2) is 31.9 Å². The van der Waals surface area contributed by atoms with Gasteiger partial charge in [0, 0.05) is 23.6 Å². The van der Waals surface area contributed by atoms with Crippen molar-refractivity contribution in [2.24, 2.45) is 0 Å². The van der Waals surface area contributed by atoms with Crippen LogP contribution in [0, 0.1) is 13.8 Å². The second-order valence-corrected chi connectivity index (χ2v) is 7.45. The van der Waals surface area contributed by atoms with Crippen LogP contribution < -0.4 is 15.6 Å². The smallest absolute Gasteiger partial charge is 0.269 e. The fourth-order valence-corrected chi connectivity index (χ4v) is 3.57. The van der Waals surface area contributed by atoms with Crippen molar-refractivity contribution in [3.63, 3.8) is 0 Å². The van der Waals surface area contributed by atoms with Gasteiger partial charge >= 0.3 is 0 Å². The number of halogens is 1. The highest BCUT2D eigenvalue weighted by atomic mass is 35.5. The van der Waals surface area contributed by atoms with Gasteiger partial charge in [-0.05, 0) is 38.1 Å². The van der Waals surface area contributed by atoms with E-state index in [0.717, 1.165) is 0 Å². The molecule has 0 bridgehead atoms. The molecule has 1 aromatic heterocycles. The Labute approximate surface area is 155 Å². The summed E-state index contributed by atoms with van der Waals surface area (Å²) in [7, 11) is -3.84. The summed E-state index contributed by atoms with van der Waals surface area (Å²) in [4.78, 5) is 23.5. The topological polar surface area (TPSA) is 130 Å². The van der Waals surface area contributed by atoms with Gasteiger partial charge in [0.1, 0.15) is 10.6 Å². The number of nitrogens with zero attached hydrogens (tertiary/aromatic N) is 1. The summed E-state index contributed by atoms with van der Waals surface area (Å²) in [5.74, 6) is -0.922. The lowest BCUT2D eigenvalue weighted by atomic mass is 10.2. The molecule has 9 nitrogen and oxygen atoms in total. The van der Waals surface area contributed by atoms with Crippen molar-refractivity contribution in [3.8, 4) is 0 Å². The molecule has 0 saturated carbocycles. The predicted molar refractivity (Wildman–Crippen MR) is 92.8 cm³/mol. The maximum Gasteiger partial charge on any atom is 0.269 e. The second-order valence-electron chi connectivity index (χ2n) is 5.31. The van der Waals surface area contributed by atoms with E-state index in [1.54, 1.807) is 12.1 Å². The molecule has 140 valence electrons. The van der Waals surface area contributed by atoms with Crippen molar-refractivity contribution >= 4 is 33.4 Å². The number of amides is 2. The number of benzene rings is 1. The zero-order valence-electron chi connectivity index (χ0n) is 14.0. The molecule has 2 rings (SSSR count). The highest BCUT2D eigenvalue weighted by Gasteiger charge is 2.23. The van der Waals surface area contributed by atoms with Crippen LogP contribution in [0.2, 0.25) is 5.02 Å². The van der Waals surface area contributed by atoms with Crippen molar-refractivity contribution < 1.29 is 22.5 Å². The third-order valence-corrected chi connectivity index (χ3v) is 5.26. The highest BCUT2D eigenvalue weighted by molar-refractivity contribution is 7.89. The molecule has 2 amide bonds. The van der Waals surface area contributed by atoms with Gasteiger partial charge in [0.15, 0.2) is 5.76 Å². The third kappa shape index (κ3) is 5.04. The van der Waals surface area contributed by atoms with Gasteiger partial charge in [-0.3, -0.25) is 20.4 Å². The Bertz CT molecular complexity index is 889. The van der Waals surface area contributed by atoms with E-state index < -0.39 is 21.8 Å². The molecule has 26 heavy (non-hydrogen) atoms. The number of aryl methyl sites for hydroxylation is 2. The second kappa shape index (κ2) is 8.30. The number of carbonyl (C=O) groups is 2. The van der Waals surface area contributed by atoms with Gasteiger partial charge in [0.25, 0.3) is 5.91 Å². The van der Waals surface area contributed by atoms with Gasteiger partial charge in [-0.1, -0.05) is 16.8 Å². The molecule has 0 saturated heterocycles. The van der Waals surface area contributed by atoms with Crippen LogP contribution in [0.5, 0.6) is 0 Å². The molecule has 1 heterocycles. The lowest BCUT2D eigenvalue weighted by molar-refractivity contribution is -0.121. The summed E-state index contributed by atoms with van der Waals surface area (Å²) in [6.07, 6.45) is -0.177. The zero-order chi connectivity index (χ0) is 19.3. The lowest BCUT2D eigenvalue weighted by Gasteiger charge is -2.08. The quantitative estimate of drug-likeness (QED) is 0.622. The summed E-state index contributed by atoms with van der Waals surface area (Å²) in [5, 5.41) is 4.06. The first kappa shape index (κ1) is 19.9. The highest BCUT2D eigenvalue weighted by Crippen LogP contribution is 2.18. The molecule has 0 aliphatic rings. The maximum absolute atomic E-state index is 12.2. The van der Waals surface area contributed by atoms with Gasteiger partial charge in [-0.15, -0.1) is 0 Å². The fraction of sp³-hybridized carbons (Fsp3) is 0.267. The Morgan fingerprint density at radius 1 is 1.15 bits per heavy atom. The van der Waals surface area contributed by atoms with Crippen molar-refractivity contribution in [2.75, 3.05) is 6.54 Å². The van der Waals surface area contributed by atoms with E-state index in [1.165, 1.54) is 26.0 Å². The molecular formula is C15H17ClN4O5S. The van der Waals surface area contributed by atoms with E-state index in [2.05, 4.69) is 20.7 Å². The minimum Gasteiger partial charge on any atom is -0.360 e. The molecule has 11 heteroatoms. The standard InChI is InChI=1S/C15H17ClN4O5S/c1-9-14(10(2)25-20-9)26(23,24)17-8-7-13(21)18-19-15(22)11-3-5-12(16)6-4-11/h3-6,17H,7-8H2,1-2H3,(H,18,21)(H,19,22). The van der Waals surface area contributed by atoms with E-state index in [0.29, 0.717) is 10.6 Å². The average molecular weight is 401 g/mol. The summed E-state index contributed by atoms with van der Waals surface area (Å²) in [6.45, 7) is 2.83. The molecule has 0 atom stereocenters. The van der Waals surface area contributed by atoms with Crippen molar-refractivity contribution in [1.82, 2.24) is 20.7 Å². The minimum atomic E-state index is -3.84. The molecule has 1 aromatic carbocycles. The van der Waals surface area contributed by atoms with Gasteiger partial charge in [0.05, 0.1) is 0 Å². The number of sulfonamides is 1. The zero-order valence-corrected chi connectivity index (χ0v) is 15.6. The Hall–Kier alpha value is -2.43. The molecule has 3 N–H and O–H groups in total. The molecule has 0 fully saturated rings. The number of hydrazine groups is 1. The van der Waals surface area contributed by atoms with Crippen LogP contribution >= 0.6 is 11.6 Å². The number of hydrogen-bond donors (Lipinski definition) is 3. The summed E-state index contributed by atoms with van der Waals surface area (Å²) >= 11 is 5.73. The first-order chi connectivity index (χ1) is 12.2. The van der Waals surface area contributed by atoms with E-state index >= 15 is 0 Å². The number of rotatable bonds is 6. The van der Waals surface area contributed by atoms with Crippen LogP contribution in [0.15, 0.2) is 33.7 Å². The van der Waals surface area contributed by atoms with Gasteiger partial charge < -0.3 is 4.52 Å². The normalized spacial score (nSPS) is 11.2. The number of carbonyl (C=O) groups excluding carboxylic acids is 2. The van der Waals surface area contributed by atoms with E-state index in [9.17, 15) is 18.0 Å².